The Morgan fingerprint density at radius 1 is 1.08 bits per heavy atom. The fraction of sp³-hybridized carbons (Fsp3) is 0.0625. The summed E-state index contributed by atoms with van der Waals surface area (Å²) >= 11 is 5.78. The molecule has 0 aliphatic heterocycles. The van der Waals surface area contributed by atoms with Crippen molar-refractivity contribution in [2.24, 2.45) is 0 Å². The number of nitrogens with zero attached hydrogens (tertiary/aromatic N) is 2. The van der Waals surface area contributed by atoms with Gasteiger partial charge in [0.15, 0.2) is 9.84 Å². The first-order valence-corrected chi connectivity index (χ1v) is 9.31. The highest BCUT2D eigenvalue weighted by Gasteiger charge is 2.19. The van der Waals surface area contributed by atoms with Crippen molar-refractivity contribution in [3.05, 3.63) is 59.1 Å². The zero-order chi connectivity index (χ0) is 18.0. The molecule has 0 fully saturated rings. The molecule has 25 heavy (non-hydrogen) atoms. The number of halogens is 1. The van der Waals surface area contributed by atoms with E-state index < -0.39 is 15.7 Å². The van der Waals surface area contributed by atoms with Crippen LogP contribution in [0.15, 0.2) is 57.8 Å². The summed E-state index contributed by atoms with van der Waals surface area (Å²) in [7, 11) is -3.47. The van der Waals surface area contributed by atoms with Gasteiger partial charge in [0.25, 0.3) is 11.8 Å². The minimum Gasteiger partial charge on any atom is -0.403 e. The highest BCUT2D eigenvalue weighted by molar-refractivity contribution is 7.90. The van der Waals surface area contributed by atoms with Crippen LogP contribution >= 0.6 is 11.6 Å². The average Bonchev–Trinajstić information content (AvgIpc) is 3.03. The smallest absolute Gasteiger partial charge is 0.322 e. The monoisotopic (exact) mass is 377 g/mol. The zero-order valence-electron chi connectivity index (χ0n) is 12.9. The molecule has 0 spiro atoms. The average molecular weight is 378 g/mol. The summed E-state index contributed by atoms with van der Waals surface area (Å²) in [5.74, 6) is -0.462. The van der Waals surface area contributed by atoms with E-state index in [2.05, 4.69) is 15.5 Å². The molecule has 3 aromatic rings. The number of amides is 1. The number of anilines is 1. The molecule has 1 N–H and O–H groups in total. The number of sulfone groups is 1. The van der Waals surface area contributed by atoms with Crippen LogP contribution in [0, 0.1) is 0 Å². The molecular weight excluding hydrogens is 366 g/mol. The van der Waals surface area contributed by atoms with E-state index in [0.717, 1.165) is 6.26 Å². The van der Waals surface area contributed by atoms with E-state index in [-0.39, 0.29) is 22.4 Å². The lowest BCUT2D eigenvalue weighted by Gasteiger charge is -2.03. The Bertz CT molecular complexity index is 1030. The lowest BCUT2D eigenvalue weighted by atomic mass is 10.2. The minimum absolute atomic E-state index is 0.00701. The molecule has 0 saturated heterocycles. The van der Waals surface area contributed by atoms with Crippen LogP contribution in [0.2, 0.25) is 5.02 Å². The van der Waals surface area contributed by atoms with Gasteiger partial charge < -0.3 is 4.42 Å². The summed E-state index contributed by atoms with van der Waals surface area (Å²) in [5.41, 5.74) is 0.630. The van der Waals surface area contributed by atoms with E-state index >= 15 is 0 Å². The summed E-state index contributed by atoms with van der Waals surface area (Å²) in [6.45, 7) is 0. The predicted molar refractivity (Wildman–Crippen MR) is 92.2 cm³/mol. The first kappa shape index (κ1) is 17.1. The third-order valence-corrected chi connectivity index (χ3v) is 4.68. The van der Waals surface area contributed by atoms with Crippen LogP contribution in [0.1, 0.15) is 10.4 Å². The Morgan fingerprint density at radius 3 is 2.44 bits per heavy atom. The van der Waals surface area contributed by atoms with Crippen molar-refractivity contribution in [1.82, 2.24) is 10.2 Å². The van der Waals surface area contributed by atoms with E-state index in [0.29, 0.717) is 10.6 Å². The van der Waals surface area contributed by atoms with Crippen molar-refractivity contribution in [2.75, 3.05) is 11.6 Å². The molecular formula is C16H12ClN3O4S. The van der Waals surface area contributed by atoms with Gasteiger partial charge in [-0.25, -0.2) is 8.42 Å². The lowest BCUT2D eigenvalue weighted by Crippen LogP contribution is -2.11. The summed E-state index contributed by atoms with van der Waals surface area (Å²) in [6, 6.07) is 12.4. The molecule has 1 amide bonds. The van der Waals surface area contributed by atoms with Gasteiger partial charge in [-0.2, -0.15) is 0 Å². The highest BCUT2D eigenvalue weighted by atomic mass is 35.5. The quantitative estimate of drug-likeness (QED) is 0.749. The molecule has 0 radical (unpaired) electrons. The Labute approximate surface area is 148 Å². The van der Waals surface area contributed by atoms with Gasteiger partial charge in [0.2, 0.25) is 0 Å². The number of aromatic nitrogens is 2. The summed E-state index contributed by atoms with van der Waals surface area (Å²) < 4.78 is 29.1. The van der Waals surface area contributed by atoms with Crippen LogP contribution in [0.4, 0.5) is 6.01 Å². The fourth-order valence-electron chi connectivity index (χ4n) is 2.12. The molecule has 0 saturated carbocycles. The number of benzene rings is 2. The van der Waals surface area contributed by atoms with Crippen molar-refractivity contribution in [1.29, 1.82) is 0 Å². The molecule has 0 bridgehead atoms. The van der Waals surface area contributed by atoms with Crippen LogP contribution in [0.5, 0.6) is 0 Å². The van der Waals surface area contributed by atoms with Crippen molar-refractivity contribution in [2.45, 2.75) is 4.90 Å². The van der Waals surface area contributed by atoms with E-state index in [9.17, 15) is 13.2 Å². The Kier molecular flexibility index (Phi) is 4.56. The number of carbonyl (C=O) groups excluding carboxylic acids is 1. The molecule has 128 valence electrons. The standard InChI is InChI=1S/C16H12ClN3O4S/c1-25(22,23)13-5-3-2-4-12(13)15-19-20-16(24-15)18-14(21)10-6-8-11(17)9-7-10/h2-9H,1H3,(H,18,20,21). The molecule has 1 aromatic heterocycles. The summed E-state index contributed by atoms with van der Waals surface area (Å²) in [5, 5.41) is 10.5. The van der Waals surface area contributed by atoms with E-state index in [4.69, 9.17) is 16.0 Å². The topological polar surface area (TPSA) is 102 Å². The Balaban J connectivity index is 1.87. The van der Waals surface area contributed by atoms with Gasteiger partial charge in [0.1, 0.15) is 0 Å². The van der Waals surface area contributed by atoms with Gasteiger partial charge >= 0.3 is 6.01 Å². The van der Waals surface area contributed by atoms with Gasteiger partial charge in [-0.15, -0.1) is 5.10 Å². The normalized spacial score (nSPS) is 11.3. The van der Waals surface area contributed by atoms with E-state index in [1.807, 2.05) is 0 Å². The van der Waals surface area contributed by atoms with Gasteiger partial charge in [0, 0.05) is 16.8 Å². The van der Waals surface area contributed by atoms with Crippen molar-refractivity contribution >= 4 is 33.4 Å². The Morgan fingerprint density at radius 2 is 1.76 bits per heavy atom. The van der Waals surface area contributed by atoms with E-state index in [1.54, 1.807) is 42.5 Å². The molecule has 3 rings (SSSR count). The summed E-state index contributed by atoms with van der Waals surface area (Å²) in [4.78, 5) is 12.2. The second-order valence-electron chi connectivity index (χ2n) is 5.14. The van der Waals surface area contributed by atoms with Gasteiger partial charge in [-0.3, -0.25) is 10.1 Å². The van der Waals surface area contributed by atoms with Crippen molar-refractivity contribution in [3.8, 4) is 11.5 Å². The molecule has 0 unspecified atom stereocenters. The first-order chi connectivity index (χ1) is 11.8. The van der Waals surface area contributed by atoms with Gasteiger partial charge in [-0.05, 0) is 36.4 Å². The lowest BCUT2D eigenvalue weighted by molar-refractivity contribution is 0.102. The maximum Gasteiger partial charge on any atom is 0.322 e. The largest absolute Gasteiger partial charge is 0.403 e. The molecule has 0 aliphatic carbocycles. The third kappa shape index (κ3) is 3.86. The summed E-state index contributed by atoms with van der Waals surface area (Å²) in [6.07, 6.45) is 1.09. The second kappa shape index (κ2) is 6.66. The van der Waals surface area contributed by atoms with Crippen LogP contribution in [-0.2, 0) is 9.84 Å². The fourth-order valence-corrected chi connectivity index (χ4v) is 3.13. The number of hydrogen-bond acceptors (Lipinski definition) is 6. The van der Waals surface area contributed by atoms with Crippen LogP contribution in [-0.4, -0.2) is 30.8 Å². The molecule has 0 aliphatic rings. The maximum absolute atomic E-state index is 12.1. The Hall–Kier alpha value is -2.71. The molecule has 2 aromatic carbocycles. The molecule has 7 nitrogen and oxygen atoms in total. The third-order valence-electron chi connectivity index (χ3n) is 3.27. The van der Waals surface area contributed by atoms with Crippen LogP contribution < -0.4 is 5.32 Å². The van der Waals surface area contributed by atoms with Crippen molar-refractivity contribution < 1.29 is 17.6 Å². The number of hydrogen-bond donors (Lipinski definition) is 1. The molecule has 1 heterocycles. The molecule has 0 atom stereocenters. The first-order valence-electron chi connectivity index (χ1n) is 7.04. The van der Waals surface area contributed by atoms with Gasteiger partial charge in [-0.1, -0.05) is 28.8 Å². The maximum atomic E-state index is 12.1. The predicted octanol–water partition coefficient (Wildman–Crippen LogP) is 3.05. The van der Waals surface area contributed by atoms with Gasteiger partial charge in [0.05, 0.1) is 10.5 Å². The van der Waals surface area contributed by atoms with Crippen molar-refractivity contribution in [3.63, 3.8) is 0 Å². The van der Waals surface area contributed by atoms with Crippen LogP contribution in [0.3, 0.4) is 0 Å². The van der Waals surface area contributed by atoms with Crippen LogP contribution in [0.25, 0.3) is 11.5 Å². The van der Waals surface area contributed by atoms with E-state index in [1.165, 1.54) is 6.07 Å². The molecule has 9 heteroatoms. The zero-order valence-corrected chi connectivity index (χ0v) is 14.5. The number of carbonyl (C=O) groups is 1. The number of rotatable bonds is 4. The minimum atomic E-state index is -3.47. The highest BCUT2D eigenvalue weighted by Crippen LogP contribution is 2.27. The second-order valence-corrected chi connectivity index (χ2v) is 7.56. The SMILES string of the molecule is CS(=O)(=O)c1ccccc1-c1nnc(NC(=O)c2ccc(Cl)cc2)o1. The number of nitrogens with one attached hydrogen (secondary N) is 1.